The second-order valence-electron chi connectivity index (χ2n) is 5.68. The average Bonchev–Trinajstić information content (AvgIpc) is 2.85. The number of rotatable bonds is 4. The van der Waals surface area contributed by atoms with E-state index >= 15 is 0 Å². The zero-order chi connectivity index (χ0) is 16.2. The first kappa shape index (κ1) is 15.5. The summed E-state index contributed by atoms with van der Waals surface area (Å²) in [5.74, 6) is 0. The standard InChI is InChI=1S/C18H20N4S/c1-13(2)20-15-10-8-14(9-11-15)12-19-21-18-22(3)16-6-4-5-7-17(16)23-18/h4-13,20H,1-3H3. The lowest BCUT2D eigenvalue weighted by molar-refractivity contribution is 0.889. The van der Waals surface area contributed by atoms with E-state index in [1.165, 1.54) is 10.2 Å². The average molecular weight is 324 g/mol. The number of para-hydroxylation sites is 1. The third kappa shape index (κ3) is 3.68. The van der Waals surface area contributed by atoms with Gasteiger partial charge in [-0.15, -0.1) is 5.10 Å². The van der Waals surface area contributed by atoms with Gasteiger partial charge < -0.3 is 9.88 Å². The van der Waals surface area contributed by atoms with Gasteiger partial charge in [-0.2, -0.15) is 5.10 Å². The molecule has 0 aliphatic carbocycles. The normalized spacial score (nSPS) is 12.6. The summed E-state index contributed by atoms with van der Waals surface area (Å²) in [6.45, 7) is 4.25. The van der Waals surface area contributed by atoms with Crippen molar-refractivity contribution < 1.29 is 0 Å². The minimum Gasteiger partial charge on any atom is -0.383 e. The molecule has 1 N–H and O–H groups in total. The Morgan fingerprint density at radius 2 is 1.83 bits per heavy atom. The fraction of sp³-hybridized carbons (Fsp3) is 0.222. The van der Waals surface area contributed by atoms with E-state index in [4.69, 9.17) is 0 Å². The van der Waals surface area contributed by atoms with Crippen LogP contribution in [0.5, 0.6) is 0 Å². The molecule has 0 spiro atoms. The molecule has 0 aliphatic heterocycles. The van der Waals surface area contributed by atoms with Crippen molar-refractivity contribution in [1.29, 1.82) is 0 Å². The second kappa shape index (κ2) is 6.79. The van der Waals surface area contributed by atoms with Crippen LogP contribution in [0.2, 0.25) is 0 Å². The summed E-state index contributed by atoms with van der Waals surface area (Å²) < 4.78 is 3.28. The first-order valence-corrected chi connectivity index (χ1v) is 8.43. The van der Waals surface area contributed by atoms with Gasteiger partial charge in [-0.25, -0.2) is 0 Å². The minimum atomic E-state index is 0.428. The van der Waals surface area contributed by atoms with Crippen LogP contribution in [0, 0.1) is 0 Å². The quantitative estimate of drug-likeness (QED) is 0.572. The number of hydrogen-bond acceptors (Lipinski definition) is 4. The van der Waals surface area contributed by atoms with E-state index in [0.717, 1.165) is 16.1 Å². The van der Waals surface area contributed by atoms with Crippen LogP contribution in [0.15, 0.2) is 58.7 Å². The van der Waals surface area contributed by atoms with Crippen LogP contribution < -0.4 is 10.1 Å². The number of anilines is 1. The fourth-order valence-electron chi connectivity index (χ4n) is 2.32. The van der Waals surface area contributed by atoms with E-state index < -0.39 is 0 Å². The summed E-state index contributed by atoms with van der Waals surface area (Å²) in [7, 11) is 2.01. The number of aromatic nitrogens is 1. The molecule has 1 aromatic heterocycles. The third-order valence-corrected chi connectivity index (χ3v) is 4.53. The molecule has 0 unspecified atom stereocenters. The monoisotopic (exact) mass is 324 g/mol. The Labute approximate surface area is 139 Å². The number of thiazole rings is 1. The summed E-state index contributed by atoms with van der Waals surface area (Å²) in [5, 5.41) is 11.9. The van der Waals surface area contributed by atoms with Crippen LogP contribution in [0.4, 0.5) is 5.69 Å². The van der Waals surface area contributed by atoms with Crippen LogP contribution >= 0.6 is 11.3 Å². The van der Waals surface area contributed by atoms with Gasteiger partial charge in [-0.1, -0.05) is 35.6 Å². The molecule has 0 atom stereocenters. The molecule has 3 aromatic rings. The number of hydrogen-bond donors (Lipinski definition) is 1. The van der Waals surface area contributed by atoms with Gasteiger partial charge in [0.1, 0.15) is 0 Å². The Morgan fingerprint density at radius 1 is 1.09 bits per heavy atom. The molecular formula is C18H20N4S. The van der Waals surface area contributed by atoms with Gasteiger partial charge >= 0.3 is 0 Å². The summed E-state index contributed by atoms with van der Waals surface area (Å²) in [5.41, 5.74) is 3.33. The first-order chi connectivity index (χ1) is 11.1. The molecule has 0 aliphatic rings. The predicted octanol–water partition coefficient (Wildman–Crippen LogP) is 3.99. The van der Waals surface area contributed by atoms with E-state index in [-0.39, 0.29) is 0 Å². The zero-order valence-corrected chi connectivity index (χ0v) is 14.3. The van der Waals surface area contributed by atoms with E-state index in [0.29, 0.717) is 6.04 Å². The Bertz CT molecular complexity index is 885. The van der Waals surface area contributed by atoms with Gasteiger partial charge in [0.05, 0.1) is 16.4 Å². The molecule has 0 radical (unpaired) electrons. The highest BCUT2D eigenvalue weighted by Gasteiger charge is 2.00. The van der Waals surface area contributed by atoms with Crippen molar-refractivity contribution in [3.63, 3.8) is 0 Å². The lowest BCUT2D eigenvalue weighted by atomic mass is 10.2. The van der Waals surface area contributed by atoms with Crippen molar-refractivity contribution in [2.45, 2.75) is 19.9 Å². The Hall–Kier alpha value is -2.40. The van der Waals surface area contributed by atoms with Gasteiger partial charge in [-0.05, 0) is 43.7 Å². The van der Waals surface area contributed by atoms with Gasteiger partial charge in [0.2, 0.25) is 4.80 Å². The molecule has 0 amide bonds. The van der Waals surface area contributed by atoms with Crippen molar-refractivity contribution >= 4 is 33.5 Å². The molecule has 0 fully saturated rings. The minimum absolute atomic E-state index is 0.428. The van der Waals surface area contributed by atoms with Crippen molar-refractivity contribution in [2.75, 3.05) is 5.32 Å². The molecule has 1 heterocycles. The summed E-state index contributed by atoms with van der Waals surface area (Å²) in [4.78, 5) is 0.889. The summed E-state index contributed by atoms with van der Waals surface area (Å²) in [6, 6.07) is 16.9. The van der Waals surface area contributed by atoms with Crippen LogP contribution in [0.25, 0.3) is 10.2 Å². The summed E-state index contributed by atoms with van der Waals surface area (Å²) in [6.07, 6.45) is 1.78. The van der Waals surface area contributed by atoms with Crippen molar-refractivity contribution in [3.8, 4) is 0 Å². The lowest BCUT2D eigenvalue weighted by Gasteiger charge is -2.09. The van der Waals surface area contributed by atoms with Crippen LogP contribution in [0.3, 0.4) is 0 Å². The number of nitrogens with one attached hydrogen (secondary N) is 1. The first-order valence-electron chi connectivity index (χ1n) is 7.62. The molecule has 2 aromatic carbocycles. The Kier molecular flexibility index (Phi) is 4.57. The molecule has 0 bridgehead atoms. The maximum Gasteiger partial charge on any atom is 0.211 e. The van der Waals surface area contributed by atoms with Gasteiger partial charge in [-0.3, -0.25) is 0 Å². The zero-order valence-electron chi connectivity index (χ0n) is 13.5. The van der Waals surface area contributed by atoms with Crippen LogP contribution in [-0.2, 0) is 7.05 Å². The smallest absolute Gasteiger partial charge is 0.211 e. The molecular weight excluding hydrogens is 304 g/mol. The number of nitrogens with zero attached hydrogens (tertiary/aromatic N) is 3. The topological polar surface area (TPSA) is 41.7 Å². The molecule has 0 saturated carbocycles. The van der Waals surface area contributed by atoms with Gasteiger partial charge in [0.15, 0.2) is 0 Å². The third-order valence-electron chi connectivity index (χ3n) is 3.43. The number of fused-ring (bicyclic) bond motifs is 1. The van der Waals surface area contributed by atoms with E-state index in [9.17, 15) is 0 Å². The van der Waals surface area contributed by atoms with E-state index in [1.807, 2.05) is 31.3 Å². The molecule has 118 valence electrons. The molecule has 5 heteroatoms. The van der Waals surface area contributed by atoms with Crippen LogP contribution in [0.1, 0.15) is 19.4 Å². The summed E-state index contributed by atoms with van der Waals surface area (Å²) >= 11 is 1.64. The number of benzene rings is 2. The molecule has 23 heavy (non-hydrogen) atoms. The Balaban J connectivity index is 1.80. The van der Waals surface area contributed by atoms with E-state index in [1.54, 1.807) is 17.6 Å². The van der Waals surface area contributed by atoms with Gasteiger partial charge in [0.25, 0.3) is 0 Å². The fourth-order valence-corrected chi connectivity index (χ4v) is 3.30. The highest BCUT2D eigenvalue weighted by molar-refractivity contribution is 7.16. The number of aryl methyl sites for hydroxylation is 1. The largest absolute Gasteiger partial charge is 0.383 e. The lowest BCUT2D eigenvalue weighted by Crippen LogP contribution is -2.09. The second-order valence-corrected chi connectivity index (χ2v) is 6.69. The van der Waals surface area contributed by atoms with Gasteiger partial charge in [0, 0.05) is 18.8 Å². The highest BCUT2D eigenvalue weighted by atomic mass is 32.1. The highest BCUT2D eigenvalue weighted by Crippen LogP contribution is 2.15. The van der Waals surface area contributed by atoms with Crippen LogP contribution in [-0.4, -0.2) is 16.8 Å². The van der Waals surface area contributed by atoms with Crippen molar-refractivity contribution in [2.24, 2.45) is 17.3 Å². The molecule has 0 saturated heterocycles. The SMILES string of the molecule is CC(C)Nc1ccc(C=NN=c2sc3ccccc3n2C)cc1. The Morgan fingerprint density at radius 3 is 2.52 bits per heavy atom. The van der Waals surface area contributed by atoms with E-state index in [2.05, 4.69) is 58.2 Å². The molecule has 4 nitrogen and oxygen atoms in total. The van der Waals surface area contributed by atoms with Crippen molar-refractivity contribution in [3.05, 3.63) is 58.9 Å². The maximum atomic E-state index is 4.34. The maximum absolute atomic E-state index is 4.34. The molecule has 3 rings (SSSR count). The van der Waals surface area contributed by atoms with Crippen molar-refractivity contribution in [1.82, 2.24) is 4.57 Å². The predicted molar refractivity (Wildman–Crippen MR) is 99.2 cm³/mol.